The van der Waals surface area contributed by atoms with Crippen LogP contribution in [-0.2, 0) is 9.84 Å². The molecule has 1 aromatic rings. The van der Waals surface area contributed by atoms with E-state index in [0.29, 0.717) is 12.2 Å². The Hall–Kier alpha value is -1.23. The first kappa shape index (κ1) is 15.8. The molecule has 0 saturated heterocycles. The smallest absolute Gasteiger partial charge is 0.154 e. The molecule has 0 aliphatic heterocycles. The average Bonchev–Trinajstić information content (AvgIpc) is 2.34. The number of anilines is 2. The Morgan fingerprint density at radius 2 is 1.95 bits per heavy atom. The standard InChI is InChI=1S/C14H24N2O2S/c1-4-8-16(9-10-19(17,18)12(2)3)14-7-5-6-13(15)11-14/h5-7,11-12H,4,8-10,15H2,1-3H3. The van der Waals surface area contributed by atoms with E-state index in [-0.39, 0.29) is 11.0 Å². The van der Waals surface area contributed by atoms with Gasteiger partial charge in [0, 0.05) is 24.5 Å². The summed E-state index contributed by atoms with van der Waals surface area (Å²) in [4.78, 5) is 2.08. The fraction of sp³-hybridized carbons (Fsp3) is 0.571. The Labute approximate surface area is 116 Å². The maximum atomic E-state index is 11.9. The number of nitrogen functional groups attached to an aromatic ring is 1. The molecule has 5 heteroatoms. The second-order valence-corrected chi connectivity index (χ2v) is 7.67. The first-order chi connectivity index (χ1) is 8.86. The third-order valence-electron chi connectivity index (χ3n) is 3.09. The van der Waals surface area contributed by atoms with E-state index >= 15 is 0 Å². The summed E-state index contributed by atoms with van der Waals surface area (Å²) in [6, 6.07) is 7.58. The van der Waals surface area contributed by atoms with Crippen molar-refractivity contribution < 1.29 is 8.42 Å². The highest BCUT2D eigenvalue weighted by atomic mass is 32.2. The molecule has 0 amide bonds. The van der Waals surface area contributed by atoms with Crippen molar-refractivity contribution >= 4 is 21.2 Å². The molecule has 1 aromatic carbocycles. The fourth-order valence-corrected chi connectivity index (χ4v) is 2.78. The predicted octanol–water partition coefficient (Wildman–Crippen LogP) is 2.31. The average molecular weight is 284 g/mol. The van der Waals surface area contributed by atoms with Crippen LogP contribution in [0.25, 0.3) is 0 Å². The molecular formula is C14H24N2O2S. The summed E-state index contributed by atoms with van der Waals surface area (Å²) < 4.78 is 23.8. The lowest BCUT2D eigenvalue weighted by atomic mass is 10.2. The zero-order valence-electron chi connectivity index (χ0n) is 12.0. The van der Waals surface area contributed by atoms with Crippen molar-refractivity contribution in [3.63, 3.8) is 0 Å². The lowest BCUT2D eigenvalue weighted by molar-refractivity contribution is 0.585. The summed E-state index contributed by atoms with van der Waals surface area (Å²) in [6.07, 6.45) is 0.969. The molecule has 0 spiro atoms. The van der Waals surface area contributed by atoms with Gasteiger partial charge in [-0.3, -0.25) is 0 Å². The quantitative estimate of drug-likeness (QED) is 0.780. The van der Waals surface area contributed by atoms with Crippen molar-refractivity contribution in [3.8, 4) is 0 Å². The highest BCUT2D eigenvalue weighted by molar-refractivity contribution is 7.92. The van der Waals surface area contributed by atoms with E-state index in [4.69, 9.17) is 5.73 Å². The minimum atomic E-state index is -3.00. The topological polar surface area (TPSA) is 63.4 Å². The highest BCUT2D eigenvalue weighted by Crippen LogP contribution is 2.18. The van der Waals surface area contributed by atoms with Crippen LogP contribution >= 0.6 is 0 Å². The van der Waals surface area contributed by atoms with Gasteiger partial charge in [-0.1, -0.05) is 13.0 Å². The largest absolute Gasteiger partial charge is 0.399 e. The molecule has 0 heterocycles. The number of benzene rings is 1. The molecule has 0 radical (unpaired) electrons. The first-order valence-electron chi connectivity index (χ1n) is 6.69. The molecule has 1 rings (SSSR count). The highest BCUT2D eigenvalue weighted by Gasteiger charge is 2.17. The Balaban J connectivity index is 2.79. The Bertz CT molecular complexity index is 498. The van der Waals surface area contributed by atoms with Crippen LogP contribution in [0.15, 0.2) is 24.3 Å². The van der Waals surface area contributed by atoms with Gasteiger partial charge in [-0.15, -0.1) is 0 Å². The van der Waals surface area contributed by atoms with E-state index in [2.05, 4.69) is 11.8 Å². The monoisotopic (exact) mass is 284 g/mol. The number of rotatable bonds is 7. The zero-order valence-corrected chi connectivity index (χ0v) is 12.8. The van der Waals surface area contributed by atoms with Crippen LogP contribution in [-0.4, -0.2) is 32.5 Å². The van der Waals surface area contributed by atoms with Gasteiger partial charge in [-0.2, -0.15) is 0 Å². The van der Waals surface area contributed by atoms with Crippen molar-refractivity contribution in [2.45, 2.75) is 32.4 Å². The summed E-state index contributed by atoms with van der Waals surface area (Å²) >= 11 is 0. The summed E-state index contributed by atoms with van der Waals surface area (Å²) in [6.45, 7) is 6.87. The third-order valence-corrected chi connectivity index (χ3v) is 5.28. The minimum absolute atomic E-state index is 0.180. The van der Waals surface area contributed by atoms with Crippen molar-refractivity contribution in [1.82, 2.24) is 0 Å². The molecule has 0 atom stereocenters. The molecule has 19 heavy (non-hydrogen) atoms. The maximum Gasteiger partial charge on any atom is 0.154 e. The number of sulfone groups is 1. The van der Waals surface area contributed by atoms with Crippen LogP contribution in [0.2, 0.25) is 0 Å². The number of hydrogen-bond donors (Lipinski definition) is 1. The van der Waals surface area contributed by atoms with E-state index in [1.165, 1.54) is 0 Å². The maximum absolute atomic E-state index is 11.9. The minimum Gasteiger partial charge on any atom is -0.399 e. The molecule has 108 valence electrons. The summed E-state index contributed by atoms with van der Waals surface area (Å²) in [7, 11) is -3.00. The molecule has 0 aromatic heterocycles. The molecule has 0 fully saturated rings. The molecule has 0 aliphatic rings. The van der Waals surface area contributed by atoms with Gasteiger partial charge in [0.2, 0.25) is 0 Å². The van der Waals surface area contributed by atoms with E-state index in [0.717, 1.165) is 18.7 Å². The molecule has 4 nitrogen and oxygen atoms in total. The van der Waals surface area contributed by atoms with Gasteiger partial charge >= 0.3 is 0 Å². The van der Waals surface area contributed by atoms with Gasteiger partial charge in [0.1, 0.15) is 0 Å². The Kier molecular flexibility index (Phi) is 5.66. The van der Waals surface area contributed by atoms with Gasteiger partial charge in [-0.25, -0.2) is 8.42 Å². The molecular weight excluding hydrogens is 260 g/mol. The summed E-state index contributed by atoms with van der Waals surface area (Å²) in [5.74, 6) is 0.180. The van der Waals surface area contributed by atoms with Crippen LogP contribution in [0, 0.1) is 0 Å². The Morgan fingerprint density at radius 1 is 1.26 bits per heavy atom. The summed E-state index contributed by atoms with van der Waals surface area (Å²) in [5.41, 5.74) is 7.46. The van der Waals surface area contributed by atoms with Gasteiger partial charge in [0.05, 0.1) is 11.0 Å². The number of nitrogens with two attached hydrogens (primary N) is 1. The third kappa shape index (κ3) is 4.74. The van der Waals surface area contributed by atoms with E-state index in [1.54, 1.807) is 13.8 Å². The van der Waals surface area contributed by atoms with Crippen LogP contribution in [0.4, 0.5) is 11.4 Å². The molecule has 0 bridgehead atoms. The number of hydrogen-bond acceptors (Lipinski definition) is 4. The van der Waals surface area contributed by atoms with E-state index in [1.807, 2.05) is 24.3 Å². The summed E-state index contributed by atoms with van der Waals surface area (Å²) in [5, 5.41) is -0.322. The second-order valence-electron chi connectivity index (χ2n) is 5.00. The van der Waals surface area contributed by atoms with Crippen molar-refractivity contribution in [1.29, 1.82) is 0 Å². The van der Waals surface area contributed by atoms with E-state index < -0.39 is 9.84 Å². The van der Waals surface area contributed by atoms with Crippen LogP contribution in [0.3, 0.4) is 0 Å². The van der Waals surface area contributed by atoms with Crippen molar-refractivity contribution in [3.05, 3.63) is 24.3 Å². The Morgan fingerprint density at radius 3 is 2.47 bits per heavy atom. The van der Waals surface area contributed by atoms with Gasteiger partial charge < -0.3 is 10.6 Å². The molecule has 2 N–H and O–H groups in total. The first-order valence-corrected chi connectivity index (χ1v) is 8.40. The van der Waals surface area contributed by atoms with Gasteiger partial charge in [0.15, 0.2) is 9.84 Å². The van der Waals surface area contributed by atoms with Gasteiger partial charge in [-0.05, 0) is 38.5 Å². The van der Waals surface area contributed by atoms with Crippen LogP contribution < -0.4 is 10.6 Å². The SMILES string of the molecule is CCCN(CCS(=O)(=O)C(C)C)c1cccc(N)c1. The van der Waals surface area contributed by atoms with Crippen LogP contribution in [0.1, 0.15) is 27.2 Å². The number of nitrogens with zero attached hydrogens (tertiary/aromatic N) is 1. The second kappa shape index (κ2) is 6.80. The molecule has 0 unspecified atom stereocenters. The predicted molar refractivity (Wildman–Crippen MR) is 82.3 cm³/mol. The molecule has 0 aliphatic carbocycles. The fourth-order valence-electron chi connectivity index (χ4n) is 1.83. The zero-order chi connectivity index (χ0) is 14.5. The lowest BCUT2D eigenvalue weighted by Gasteiger charge is -2.25. The van der Waals surface area contributed by atoms with Crippen LogP contribution in [0.5, 0.6) is 0 Å². The lowest BCUT2D eigenvalue weighted by Crippen LogP contribution is -2.32. The van der Waals surface area contributed by atoms with Crippen molar-refractivity contribution in [2.24, 2.45) is 0 Å². The van der Waals surface area contributed by atoms with E-state index in [9.17, 15) is 8.42 Å². The molecule has 0 saturated carbocycles. The normalized spacial score (nSPS) is 11.8. The van der Waals surface area contributed by atoms with Crippen molar-refractivity contribution in [2.75, 3.05) is 29.5 Å². The van der Waals surface area contributed by atoms with Gasteiger partial charge in [0.25, 0.3) is 0 Å².